The Kier molecular flexibility index (Phi) is 4.05. The van der Waals surface area contributed by atoms with E-state index < -0.39 is 5.97 Å². The summed E-state index contributed by atoms with van der Waals surface area (Å²) < 4.78 is 5.95. The first-order chi connectivity index (χ1) is 8.13. The van der Waals surface area contributed by atoms with Crippen LogP contribution < -0.4 is 0 Å². The summed E-state index contributed by atoms with van der Waals surface area (Å²) in [5, 5.41) is 8.90. The summed E-state index contributed by atoms with van der Waals surface area (Å²) in [4.78, 5) is 13.3. The Hall–Kier alpha value is -0.610. The lowest BCUT2D eigenvalue weighted by Crippen LogP contribution is -2.55. The van der Waals surface area contributed by atoms with Crippen LogP contribution in [0.25, 0.3) is 0 Å². The standard InChI is InChI=1S/C13H23NO3/c1-3-11-7-14(8-12(4-2)17-11)10-5-9(6-10)13(15)16/h9-12H,3-8H2,1-2H3,(H,15,16). The molecule has 1 saturated carbocycles. The molecule has 0 aromatic rings. The Balaban J connectivity index is 1.86. The quantitative estimate of drug-likeness (QED) is 0.814. The summed E-state index contributed by atoms with van der Waals surface area (Å²) in [6, 6.07) is 0.475. The zero-order valence-corrected chi connectivity index (χ0v) is 10.8. The molecule has 0 bridgehead atoms. The van der Waals surface area contributed by atoms with Crippen LogP contribution in [0.15, 0.2) is 0 Å². The highest BCUT2D eigenvalue weighted by molar-refractivity contribution is 5.71. The zero-order valence-electron chi connectivity index (χ0n) is 10.8. The number of carbonyl (C=O) groups is 1. The van der Waals surface area contributed by atoms with Crippen LogP contribution in [0.1, 0.15) is 39.5 Å². The summed E-state index contributed by atoms with van der Waals surface area (Å²) in [5.74, 6) is -0.739. The van der Waals surface area contributed by atoms with E-state index in [2.05, 4.69) is 18.7 Å². The third-order valence-corrected chi connectivity index (χ3v) is 4.15. The molecule has 0 aromatic carbocycles. The molecule has 1 aliphatic carbocycles. The fourth-order valence-corrected chi connectivity index (χ4v) is 2.79. The van der Waals surface area contributed by atoms with Crippen LogP contribution in [0.5, 0.6) is 0 Å². The first kappa shape index (κ1) is 12.8. The Morgan fingerprint density at radius 3 is 2.18 bits per heavy atom. The minimum Gasteiger partial charge on any atom is -0.481 e. The molecule has 4 nitrogen and oxygen atoms in total. The summed E-state index contributed by atoms with van der Waals surface area (Å²) >= 11 is 0. The highest BCUT2D eigenvalue weighted by Gasteiger charge is 2.40. The normalized spacial score (nSPS) is 38.7. The molecular weight excluding hydrogens is 218 g/mol. The van der Waals surface area contributed by atoms with Crippen LogP contribution in [0.4, 0.5) is 0 Å². The zero-order chi connectivity index (χ0) is 12.4. The smallest absolute Gasteiger partial charge is 0.306 e. The van der Waals surface area contributed by atoms with E-state index >= 15 is 0 Å². The van der Waals surface area contributed by atoms with E-state index in [0.29, 0.717) is 18.2 Å². The van der Waals surface area contributed by atoms with Crippen LogP contribution in [0.3, 0.4) is 0 Å². The maximum atomic E-state index is 10.8. The van der Waals surface area contributed by atoms with Gasteiger partial charge >= 0.3 is 5.97 Å². The van der Waals surface area contributed by atoms with Gasteiger partial charge in [0.05, 0.1) is 18.1 Å². The minimum absolute atomic E-state index is 0.108. The molecule has 2 rings (SSSR count). The van der Waals surface area contributed by atoms with Crippen molar-refractivity contribution in [2.45, 2.75) is 57.8 Å². The molecule has 2 fully saturated rings. The SMILES string of the molecule is CCC1CN(C2CC(C(=O)O)C2)CC(CC)O1. The molecule has 2 aliphatic rings. The maximum absolute atomic E-state index is 10.8. The highest BCUT2D eigenvalue weighted by Crippen LogP contribution is 2.34. The Bertz CT molecular complexity index is 264. The number of rotatable bonds is 4. The van der Waals surface area contributed by atoms with Crippen molar-refractivity contribution in [3.63, 3.8) is 0 Å². The van der Waals surface area contributed by atoms with Gasteiger partial charge in [0.15, 0.2) is 0 Å². The fraction of sp³-hybridized carbons (Fsp3) is 0.923. The molecule has 98 valence electrons. The van der Waals surface area contributed by atoms with E-state index in [9.17, 15) is 4.79 Å². The van der Waals surface area contributed by atoms with Crippen molar-refractivity contribution in [3.8, 4) is 0 Å². The molecule has 2 unspecified atom stereocenters. The predicted octanol–water partition coefficient (Wildman–Crippen LogP) is 1.74. The predicted molar refractivity (Wildman–Crippen MR) is 65.0 cm³/mol. The number of hydrogen-bond acceptors (Lipinski definition) is 3. The largest absolute Gasteiger partial charge is 0.481 e. The Morgan fingerprint density at radius 1 is 1.24 bits per heavy atom. The third kappa shape index (κ3) is 2.80. The van der Waals surface area contributed by atoms with Crippen molar-refractivity contribution in [2.75, 3.05) is 13.1 Å². The minimum atomic E-state index is -0.631. The van der Waals surface area contributed by atoms with Crippen molar-refractivity contribution in [2.24, 2.45) is 5.92 Å². The van der Waals surface area contributed by atoms with Crippen LogP contribution in [0.2, 0.25) is 0 Å². The number of carboxylic acids is 1. The molecule has 0 radical (unpaired) electrons. The fourth-order valence-electron chi connectivity index (χ4n) is 2.79. The number of nitrogens with zero attached hydrogens (tertiary/aromatic N) is 1. The number of aliphatic carboxylic acids is 1. The Labute approximate surface area is 103 Å². The number of hydrogen-bond donors (Lipinski definition) is 1. The van der Waals surface area contributed by atoms with Gasteiger partial charge in [-0.05, 0) is 25.7 Å². The van der Waals surface area contributed by atoms with Crippen molar-refractivity contribution in [1.29, 1.82) is 0 Å². The summed E-state index contributed by atoms with van der Waals surface area (Å²) in [7, 11) is 0. The average molecular weight is 241 g/mol. The molecule has 0 amide bonds. The van der Waals surface area contributed by atoms with Crippen molar-refractivity contribution < 1.29 is 14.6 Å². The van der Waals surface area contributed by atoms with Gasteiger partial charge in [-0.15, -0.1) is 0 Å². The summed E-state index contributed by atoms with van der Waals surface area (Å²) in [5.41, 5.74) is 0. The van der Waals surface area contributed by atoms with Gasteiger partial charge in [0.2, 0.25) is 0 Å². The second-order valence-corrected chi connectivity index (χ2v) is 5.31. The van der Waals surface area contributed by atoms with E-state index in [1.807, 2.05) is 0 Å². The van der Waals surface area contributed by atoms with Crippen molar-refractivity contribution >= 4 is 5.97 Å². The van der Waals surface area contributed by atoms with Crippen LogP contribution in [-0.4, -0.2) is 47.3 Å². The van der Waals surface area contributed by atoms with Gasteiger partial charge in [0.25, 0.3) is 0 Å². The van der Waals surface area contributed by atoms with Crippen molar-refractivity contribution in [3.05, 3.63) is 0 Å². The van der Waals surface area contributed by atoms with Gasteiger partial charge in [-0.2, -0.15) is 0 Å². The lowest BCUT2D eigenvalue weighted by atomic mass is 9.79. The van der Waals surface area contributed by atoms with Gasteiger partial charge in [-0.3, -0.25) is 9.69 Å². The second-order valence-electron chi connectivity index (χ2n) is 5.31. The van der Waals surface area contributed by atoms with Gasteiger partial charge in [0, 0.05) is 19.1 Å². The third-order valence-electron chi connectivity index (χ3n) is 4.15. The Morgan fingerprint density at radius 2 is 1.76 bits per heavy atom. The monoisotopic (exact) mass is 241 g/mol. The maximum Gasteiger partial charge on any atom is 0.306 e. The van der Waals surface area contributed by atoms with E-state index in [1.165, 1.54) is 0 Å². The van der Waals surface area contributed by atoms with Gasteiger partial charge in [0.1, 0.15) is 0 Å². The number of ether oxygens (including phenoxy) is 1. The number of morpholine rings is 1. The molecule has 1 saturated heterocycles. The van der Waals surface area contributed by atoms with E-state index in [0.717, 1.165) is 38.8 Å². The molecule has 1 N–H and O–H groups in total. The van der Waals surface area contributed by atoms with E-state index in [-0.39, 0.29) is 5.92 Å². The molecule has 2 atom stereocenters. The van der Waals surface area contributed by atoms with Gasteiger partial charge in [-0.1, -0.05) is 13.8 Å². The van der Waals surface area contributed by atoms with Gasteiger partial charge in [-0.25, -0.2) is 0 Å². The molecule has 17 heavy (non-hydrogen) atoms. The van der Waals surface area contributed by atoms with Crippen molar-refractivity contribution in [1.82, 2.24) is 4.90 Å². The molecule has 1 aliphatic heterocycles. The van der Waals surface area contributed by atoms with Crippen LogP contribution in [-0.2, 0) is 9.53 Å². The summed E-state index contributed by atoms with van der Waals surface area (Å²) in [6.07, 6.45) is 4.39. The topological polar surface area (TPSA) is 49.8 Å². The molecule has 4 heteroatoms. The number of carboxylic acid groups (broad SMARTS) is 1. The first-order valence-corrected chi connectivity index (χ1v) is 6.76. The van der Waals surface area contributed by atoms with E-state index in [4.69, 9.17) is 9.84 Å². The lowest BCUT2D eigenvalue weighted by Gasteiger charge is -2.47. The van der Waals surface area contributed by atoms with Gasteiger partial charge < -0.3 is 9.84 Å². The van der Waals surface area contributed by atoms with Crippen LogP contribution in [0, 0.1) is 5.92 Å². The first-order valence-electron chi connectivity index (χ1n) is 6.76. The van der Waals surface area contributed by atoms with E-state index in [1.54, 1.807) is 0 Å². The molecule has 0 spiro atoms. The second kappa shape index (κ2) is 5.36. The molecule has 1 heterocycles. The highest BCUT2D eigenvalue weighted by atomic mass is 16.5. The molecular formula is C13H23NO3. The average Bonchev–Trinajstić information content (AvgIpc) is 2.26. The summed E-state index contributed by atoms with van der Waals surface area (Å²) in [6.45, 7) is 6.26. The van der Waals surface area contributed by atoms with Crippen LogP contribution >= 0.6 is 0 Å². The lowest BCUT2D eigenvalue weighted by molar-refractivity contribution is -0.151. The molecule has 0 aromatic heterocycles.